The van der Waals surface area contributed by atoms with E-state index in [0.717, 1.165) is 0 Å². The van der Waals surface area contributed by atoms with Crippen LogP contribution in [0.3, 0.4) is 0 Å². The fourth-order valence-corrected chi connectivity index (χ4v) is 1.22. The van der Waals surface area contributed by atoms with E-state index in [9.17, 15) is 5.72 Å². The Bertz CT molecular complexity index is 203. The zero-order valence-electron chi connectivity index (χ0n) is 5.64. The quantitative estimate of drug-likeness (QED) is 0.606. The molecule has 0 heterocycles. The van der Waals surface area contributed by atoms with Crippen molar-refractivity contribution in [1.82, 2.24) is 0 Å². The minimum absolute atomic E-state index is 0.381. The molecule has 0 spiro atoms. The molecule has 0 atom stereocenters. The number of hydrogen-bond donors (Lipinski definition) is 0. The zero-order chi connectivity index (χ0) is 8.10. The van der Waals surface area contributed by atoms with Crippen molar-refractivity contribution in [2.24, 2.45) is 0 Å². The second kappa shape index (κ2) is 4.48. The Balaban J connectivity index is 2.39. The van der Waals surface area contributed by atoms with E-state index in [-0.39, 0.29) is 4.61 Å². The minimum atomic E-state index is -3.71. The molecule has 0 amide bonds. The van der Waals surface area contributed by atoms with Crippen LogP contribution in [0.25, 0.3) is 0 Å². The average molecular weight is 272 g/mol. The van der Waals surface area contributed by atoms with Crippen molar-refractivity contribution in [2.45, 2.75) is 0 Å². The van der Waals surface area contributed by atoms with Gasteiger partial charge in [-0.1, -0.05) is 0 Å². The molecule has 0 radical (unpaired) electrons. The molecule has 11 heavy (non-hydrogen) atoms. The fourth-order valence-electron chi connectivity index (χ4n) is 0.621. The van der Waals surface area contributed by atoms with Gasteiger partial charge < -0.3 is 0 Å². The van der Waals surface area contributed by atoms with Crippen LogP contribution in [-0.2, 0) is 0 Å². The monoisotopic (exact) mass is 272 g/mol. The van der Waals surface area contributed by atoms with Crippen LogP contribution in [-0.4, -0.2) is 4.61 Å². The Hall–Kier alpha value is -0.390. The van der Waals surface area contributed by atoms with Crippen LogP contribution >= 0.6 is 21.0 Å². The van der Waals surface area contributed by atoms with Gasteiger partial charge in [0.05, 0.1) is 0 Å². The topological polar surface area (TPSA) is 9.23 Å². The molecule has 0 aliphatic heterocycles. The number of para-hydroxylation sites is 1. The van der Waals surface area contributed by atoms with E-state index < -0.39 is 21.0 Å². The van der Waals surface area contributed by atoms with E-state index in [1.165, 1.54) is 0 Å². The van der Waals surface area contributed by atoms with Crippen LogP contribution in [0.2, 0.25) is 0 Å². The molecule has 1 aromatic carbocycles. The van der Waals surface area contributed by atoms with Gasteiger partial charge in [0.1, 0.15) is 0 Å². The summed E-state index contributed by atoms with van der Waals surface area (Å²) in [5.41, 5.74) is 0. The van der Waals surface area contributed by atoms with E-state index in [1.54, 1.807) is 24.3 Å². The van der Waals surface area contributed by atoms with Crippen molar-refractivity contribution in [3.63, 3.8) is 0 Å². The molecule has 0 aromatic heterocycles. The Labute approximate surface area is 72.3 Å². The van der Waals surface area contributed by atoms with Gasteiger partial charge in [-0.2, -0.15) is 0 Å². The van der Waals surface area contributed by atoms with Crippen molar-refractivity contribution < 1.29 is 10.5 Å². The standard InChI is InChI=1S/C7H7F2IO/c8-10(9)6-11-7-4-2-1-3-5-7/h1-5H,6H2. The summed E-state index contributed by atoms with van der Waals surface area (Å²) in [6, 6.07) is 8.65. The molecule has 1 rings (SSSR count). The molecule has 0 unspecified atom stereocenters. The van der Waals surface area contributed by atoms with Crippen LogP contribution in [0.1, 0.15) is 0 Å². The second-order valence-corrected chi connectivity index (χ2v) is 3.91. The summed E-state index contributed by atoms with van der Waals surface area (Å²) >= 11 is -3.71. The van der Waals surface area contributed by atoms with Gasteiger partial charge in [-0.25, -0.2) is 0 Å². The first-order chi connectivity index (χ1) is 5.29. The van der Waals surface area contributed by atoms with Crippen molar-refractivity contribution in [3.05, 3.63) is 30.3 Å². The molecule has 62 valence electrons. The maximum absolute atomic E-state index is 11.8. The van der Waals surface area contributed by atoms with Crippen molar-refractivity contribution in [2.75, 3.05) is 4.61 Å². The molecule has 1 nitrogen and oxygen atoms in total. The predicted molar refractivity (Wildman–Crippen MR) is 48.2 cm³/mol. The van der Waals surface area contributed by atoms with Crippen molar-refractivity contribution >= 4 is 21.0 Å². The van der Waals surface area contributed by atoms with Gasteiger partial charge in [-0.3, -0.25) is 0 Å². The van der Waals surface area contributed by atoms with Crippen LogP contribution in [0.5, 0.6) is 5.75 Å². The maximum atomic E-state index is 11.8. The molecule has 0 aliphatic rings. The van der Waals surface area contributed by atoms with E-state index in [0.29, 0.717) is 5.75 Å². The third-order valence-corrected chi connectivity index (χ3v) is 1.83. The molecule has 4 heteroatoms. The number of benzene rings is 1. The summed E-state index contributed by atoms with van der Waals surface area (Å²) in [5.74, 6) is 0.519. The predicted octanol–water partition coefficient (Wildman–Crippen LogP) is 3.30. The van der Waals surface area contributed by atoms with Crippen LogP contribution < -0.4 is 4.74 Å². The number of ether oxygens (including phenoxy) is 1. The summed E-state index contributed by atoms with van der Waals surface area (Å²) in [6.07, 6.45) is 0. The van der Waals surface area contributed by atoms with Crippen LogP contribution in [0, 0.1) is 0 Å². The van der Waals surface area contributed by atoms with E-state index in [1.807, 2.05) is 6.07 Å². The average Bonchev–Trinajstić information content (AvgIpc) is 2.03. The summed E-state index contributed by atoms with van der Waals surface area (Å²) in [7, 11) is 0. The van der Waals surface area contributed by atoms with E-state index >= 15 is 0 Å². The summed E-state index contributed by atoms with van der Waals surface area (Å²) in [6.45, 7) is 0. The van der Waals surface area contributed by atoms with Gasteiger partial charge in [-0.15, -0.1) is 0 Å². The summed E-state index contributed by atoms with van der Waals surface area (Å²) in [5, 5.41) is 0. The Morgan fingerprint density at radius 2 is 1.82 bits per heavy atom. The molecule has 0 bridgehead atoms. The Kier molecular flexibility index (Phi) is 3.55. The van der Waals surface area contributed by atoms with Gasteiger partial charge in [0, 0.05) is 0 Å². The number of rotatable bonds is 3. The van der Waals surface area contributed by atoms with Gasteiger partial charge >= 0.3 is 72.1 Å². The number of halogens is 3. The van der Waals surface area contributed by atoms with Crippen molar-refractivity contribution in [1.29, 1.82) is 0 Å². The van der Waals surface area contributed by atoms with Crippen molar-refractivity contribution in [3.8, 4) is 5.75 Å². The van der Waals surface area contributed by atoms with E-state index in [4.69, 9.17) is 4.74 Å². The van der Waals surface area contributed by atoms with E-state index in [2.05, 4.69) is 0 Å². The summed E-state index contributed by atoms with van der Waals surface area (Å²) in [4.78, 5) is 0. The molecular formula is C7H7F2IO. The first-order valence-corrected chi connectivity index (χ1v) is 6.11. The third-order valence-electron chi connectivity index (χ3n) is 1.05. The molecule has 0 saturated heterocycles. The fraction of sp³-hybridized carbons (Fsp3) is 0.143. The second-order valence-electron chi connectivity index (χ2n) is 1.82. The Morgan fingerprint density at radius 1 is 1.18 bits per heavy atom. The Morgan fingerprint density at radius 3 is 2.36 bits per heavy atom. The molecule has 0 aliphatic carbocycles. The van der Waals surface area contributed by atoms with Gasteiger partial charge in [-0.05, 0) is 0 Å². The van der Waals surface area contributed by atoms with Crippen LogP contribution in [0.15, 0.2) is 30.3 Å². The normalized spacial score (nSPS) is 10.9. The first kappa shape index (κ1) is 8.70. The molecule has 0 saturated carbocycles. The summed E-state index contributed by atoms with van der Waals surface area (Å²) < 4.78 is 27.9. The third kappa shape index (κ3) is 3.50. The molecule has 0 N–H and O–H groups in total. The zero-order valence-corrected chi connectivity index (χ0v) is 7.79. The molecule has 1 aromatic rings. The van der Waals surface area contributed by atoms with Gasteiger partial charge in [0.2, 0.25) is 0 Å². The number of hydrogen-bond acceptors (Lipinski definition) is 1. The first-order valence-electron chi connectivity index (χ1n) is 2.96. The molecule has 0 fully saturated rings. The van der Waals surface area contributed by atoms with Gasteiger partial charge in [0.15, 0.2) is 0 Å². The SMILES string of the molecule is FI(F)COc1ccccc1. The van der Waals surface area contributed by atoms with Gasteiger partial charge in [0.25, 0.3) is 0 Å². The van der Waals surface area contributed by atoms with Crippen LogP contribution in [0.4, 0.5) is 5.72 Å². The number of alkyl halides is 1. The molecular weight excluding hydrogens is 265 g/mol.